The Kier molecular flexibility index (Phi) is 3.53. The molecule has 2 N–H and O–H groups in total. The number of nitrogens with two attached hydrogens (primary N) is 1. The minimum atomic E-state index is -0.148. The Labute approximate surface area is 98.4 Å². The monoisotopic (exact) mass is 224 g/mol. The molecule has 0 aromatic carbocycles. The predicted octanol–water partition coefficient (Wildman–Crippen LogP) is 1.91. The van der Waals surface area contributed by atoms with Crippen molar-refractivity contribution in [2.45, 2.75) is 57.9 Å². The van der Waals surface area contributed by atoms with Crippen molar-refractivity contribution in [3.05, 3.63) is 0 Å². The van der Waals surface area contributed by atoms with Crippen molar-refractivity contribution in [2.75, 3.05) is 13.1 Å². The van der Waals surface area contributed by atoms with Gasteiger partial charge in [-0.05, 0) is 50.6 Å². The van der Waals surface area contributed by atoms with Gasteiger partial charge in [0.1, 0.15) is 0 Å². The molecule has 0 bridgehead atoms. The summed E-state index contributed by atoms with van der Waals surface area (Å²) in [5.41, 5.74) is 6.07. The standard InChI is InChI=1S/C13H24N2O/c1-2-11(12(14)16)15-9-7-13(8-10-15)5-3-4-6-13/h11H,2-10H2,1H3,(H2,14,16). The van der Waals surface area contributed by atoms with E-state index in [2.05, 4.69) is 11.8 Å². The molecule has 1 heterocycles. The molecule has 0 radical (unpaired) electrons. The zero-order valence-electron chi connectivity index (χ0n) is 10.4. The van der Waals surface area contributed by atoms with E-state index in [4.69, 9.17) is 5.73 Å². The van der Waals surface area contributed by atoms with Gasteiger partial charge in [0.25, 0.3) is 0 Å². The summed E-state index contributed by atoms with van der Waals surface area (Å²) < 4.78 is 0. The quantitative estimate of drug-likeness (QED) is 0.796. The van der Waals surface area contributed by atoms with E-state index in [0.29, 0.717) is 5.41 Å². The number of hydrogen-bond acceptors (Lipinski definition) is 2. The van der Waals surface area contributed by atoms with Crippen LogP contribution in [0.25, 0.3) is 0 Å². The second-order valence-corrected chi connectivity index (χ2v) is 5.57. The summed E-state index contributed by atoms with van der Waals surface area (Å²) in [6.07, 6.45) is 9.04. The van der Waals surface area contributed by atoms with Crippen LogP contribution in [-0.4, -0.2) is 29.9 Å². The number of rotatable bonds is 3. The first-order valence-electron chi connectivity index (χ1n) is 6.70. The minimum Gasteiger partial charge on any atom is -0.368 e. The van der Waals surface area contributed by atoms with Gasteiger partial charge in [0.15, 0.2) is 0 Å². The molecule has 2 fully saturated rings. The first-order valence-corrected chi connectivity index (χ1v) is 6.70. The van der Waals surface area contributed by atoms with Crippen LogP contribution in [0.1, 0.15) is 51.9 Å². The molecule has 3 nitrogen and oxygen atoms in total. The van der Waals surface area contributed by atoms with Crippen LogP contribution in [0, 0.1) is 5.41 Å². The Morgan fingerprint density at radius 2 is 1.81 bits per heavy atom. The van der Waals surface area contributed by atoms with Gasteiger partial charge < -0.3 is 5.73 Å². The zero-order valence-corrected chi connectivity index (χ0v) is 10.4. The maximum absolute atomic E-state index is 11.3. The highest BCUT2D eigenvalue weighted by molar-refractivity contribution is 5.79. The van der Waals surface area contributed by atoms with Gasteiger partial charge in [-0.1, -0.05) is 19.8 Å². The van der Waals surface area contributed by atoms with Gasteiger partial charge in [-0.15, -0.1) is 0 Å². The van der Waals surface area contributed by atoms with Crippen LogP contribution in [0.5, 0.6) is 0 Å². The van der Waals surface area contributed by atoms with E-state index in [9.17, 15) is 4.79 Å². The molecule has 1 aliphatic carbocycles. The van der Waals surface area contributed by atoms with Crippen LogP contribution in [0.2, 0.25) is 0 Å². The van der Waals surface area contributed by atoms with Gasteiger partial charge in [0.05, 0.1) is 6.04 Å². The van der Waals surface area contributed by atoms with Crippen LogP contribution < -0.4 is 5.73 Å². The summed E-state index contributed by atoms with van der Waals surface area (Å²) in [5, 5.41) is 0. The summed E-state index contributed by atoms with van der Waals surface area (Å²) in [6.45, 7) is 4.19. The molecule has 0 aromatic heterocycles. The molecule has 1 aliphatic heterocycles. The lowest BCUT2D eigenvalue weighted by Gasteiger charge is -2.41. The largest absolute Gasteiger partial charge is 0.368 e. The lowest BCUT2D eigenvalue weighted by Crippen LogP contribution is -2.49. The fourth-order valence-corrected chi connectivity index (χ4v) is 3.57. The first-order chi connectivity index (χ1) is 7.67. The number of carbonyl (C=O) groups is 1. The average molecular weight is 224 g/mol. The third-order valence-corrected chi connectivity index (χ3v) is 4.68. The molecule has 92 valence electrons. The van der Waals surface area contributed by atoms with Crippen LogP contribution in [0.15, 0.2) is 0 Å². The Morgan fingerprint density at radius 1 is 1.25 bits per heavy atom. The van der Waals surface area contributed by atoms with E-state index in [1.54, 1.807) is 0 Å². The van der Waals surface area contributed by atoms with E-state index >= 15 is 0 Å². The predicted molar refractivity (Wildman–Crippen MR) is 65.0 cm³/mol. The Hall–Kier alpha value is -0.570. The van der Waals surface area contributed by atoms with E-state index in [-0.39, 0.29) is 11.9 Å². The molecule has 1 atom stereocenters. The molecule has 2 aliphatic rings. The van der Waals surface area contributed by atoms with Crippen LogP contribution in [0.3, 0.4) is 0 Å². The van der Waals surface area contributed by atoms with Crippen molar-refractivity contribution in [1.29, 1.82) is 0 Å². The molecular weight excluding hydrogens is 200 g/mol. The number of likely N-dealkylation sites (tertiary alicyclic amines) is 1. The number of primary amides is 1. The smallest absolute Gasteiger partial charge is 0.234 e. The molecule has 1 amide bonds. The molecule has 2 rings (SSSR count). The van der Waals surface area contributed by atoms with Crippen molar-refractivity contribution >= 4 is 5.91 Å². The lowest BCUT2D eigenvalue weighted by atomic mass is 9.76. The van der Waals surface area contributed by atoms with Gasteiger partial charge in [-0.2, -0.15) is 0 Å². The summed E-state index contributed by atoms with van der Waals surface area (Å²) >= 11 is 0. The number of piperidine rings is 1. The molecule has 1 saturated heterocycles. The SMILES string of the molecule is CCC(C(N)=O)N1CCC2(CCCC2)CC1. The maximum Gasteiger partial charge on any atom is 0.234 e. The van der Waals surface area contributed by atoms with Crippen molar-refractivity contribution in [2.24, 2.45) is 11.1 Å². The Morgan fingerprint density at radius 3 is 2.25 bits per heavy atom. The Balaban J connectivity index is 1.91. The first kappa shape index (κ1) is 11.9. The summed E-state index contributed by atoms with van der Waals surface area (Å²) in [7, 11) is 0. The highest BCUT2D eigenvalue weighted by atomic mass is 16.1. The second kappa shape index (κ2) is 4.74. The van der Waals surface area contributed by atoms with Crippen LogP contribution in [-0.2, 0) is 4.79 Å². The van der Waals surface area contributed by atoms with Crippen molar-refractivity contribution < 1.29 is 4.79 Å². The molecule has 3 heteroatoms. The van der Waals surface area contributed by atoms with E-state index < -0.39 is 0 Å². The van der Waals surface area contributed by atoms with Crippen molar-refractivity contribution in [3.63, 3.8) is 0 Å². The van der Waals surface area contributed by atoms with Gasteiger partial charge >= 0.3 is 0 Å². The average Bonchev–Trinajstić information content (AvgIpc) is 2.70. The van der Waals surface area contributed by atoms with Gasteiger partial charge in [-0.3, -0.25) is 9.69 Å². The molecular formula is C13H24N2O. The zero-order chi connectivity index (χ0) is 11.6. The van der Waals surface area contributed by atoms with E-state index in [1.807, 2.05) is 0 Å². The number of carbonyl (C=O) groups excluding carboxylic acids is 1. The van der Waals surface area contributed by atoms with Gasteiger partial charge in [-0.25, -0.2) is 0 Å². The number of amides is 1. The van der Waals surface area contributed by atoms with Crippen LogP contribution in [0.4, 0.5) is 0 Å². The molecule has 0 aromatic rings. The summed E-state index contributed by atoms with van der Waals surface area (Å²) in [4.78, 5) is 13.6. The molecule has 16 heavy (non-hydrogen) atoms. The van der Waals surface area contributed by atoms with Gasteiger partial charge in [0, 0.05) is 0 Å². The Bertz CT molecular complexity index is 249. The van der Waals surface area contributed by atoms with E-state index in [1.165, 1.54) is 38.5 Å². The highest BCUT2D eigenvalue weighted by Gasteiger charge is 2.38. The summed E-state index contributed by atoms with van der Waals surface area (Å²) in [5.74, 6) is -0.148. The van der Waals surface area contributed by atoms with Crippen molar-refractivity contribution in [1.82, 2.24) is 4.90 Å². The third-order valence-electron chi connectivity index (χ3n) is 4.68. The third kappa shape index (κ3) is 2.24. The normalized spacial score (nSPS) is 27.1. The topological polar surface area (TPSA) is 46.3 Å². The number of hydrogen-bond donors (Lipinski definition) is 1. The fraction of sp³-hybridized carbons (Fsp3) is 0.923. The highest BCUT2D eigenvalue weighted by Crippen LogP contribution is 2.46. The number of nitrogens with zero attached hydrogens (tertiary/aromatic N) is 1. The second-order valence-electron chi connectivity index (χ2n) is 5.57. The maximum atomic E-state index is 11.3. The molecule has 1 spiro atoms. The van der Waals surface area contributed by atoms with Gasteiger partial charge in [0.2, 0.25) is 5.91 Å². The minimum absolute atomic E-state index is 0.0289. The molecule has 1 saturated carbocycles. The van der Waals surface area contributed by atoms with Crippen molar-refractivity contribution in [3.8, 4) is 0 Å². The fourth-order valence-electron chi connectivity index (χ4n) is 3.57. The van der Waals surface area contributed by atoms with Crippen LogP contribution >= 0.6 is 0 Å². The van der Waals surface area contributed by atoms with E-state index in [0.717, 1.165) is 19.5 Å². The molecule has 1 unspecified atom stereocenters. The lowest BCUT2D eigenvalue weighted by molar-refractivity contribution is -0.124. The summed E-state index contributed by atoms with van der Waals surface area (Å²) in [6, 6.07) is -0.0289.